The molecule has 0 saturated carbocycles. The van der Waals surface area contributed by atoms with E-state index in [0.29, 0.717) is 17.3 Å². The fourth-order valence-corrected chi connectivity index (χ4v) is 4.89. The van der Waals surface area contributed by atoms with Crippen molar-refractivity contribution in [2.75, 3.05) is 18.2 Å². The molecule has 1 N–H and O–H groups in total. The molecule has 0 fully saturated rings. The van der Waals surface area contributed by atoms with Crippen LogP contribution in [-0.2, 0) is 4.79 Å². The number of hydrogen-bond donors (Lipinski definition) is 1. The third-order valence-corrected chi connectivity index (χ3v) is 6.30. The van der Waals surface area contributed by atoms with Crippen molar-refractivity contribution in [2.24, 2.45) is 0 Å². The van der Waals surface area contributed by atoms with E-state index in [0.717, 1.165) is 27.0 Å². The third-order valence-electron chi connectivity index (χ3n) is 4.55. The van der Waals surface area contributed by atoms with E-state index in [1.165, 1.54) is 23.9 Å². The minimum atomic E-state index is -0.324. The van der Waals surface area contributed by atoms with Crippen LogP contribution in [0.15, 0.2) is 46.9 Å². The lowest BCUT2D eigenvalue weighted by Crippen LogP contribution is -2.15. The van der Waals surface area contributed by atoms with E-state index < -0.39 is 0 Å². The largest absolute Gasteiger partial charge is 0.496 e. The van der Waals surface area contributed by atoms with Gasteiger partial charge in [-0.25, -0.2) is 9.07 Å². The second-order valence-corrected chi connectivity index (χ2v) is 8.37. The Morgan fingerprint density at radius 2 is 2.04 bits per heavy atom. The first-order valence-corrected chi connectivity index (χ1v) is 10.4. The van der Waals surface area contributed by atoms with Gasteiger partial charge in [-0.05, 0) is 49.4 Å². The molecule has 1 amide bonds. The number of anilines is 1. The van der Waals surface area contributed by atoms with Crippen molar-refractivity contribution in [1.29, 1.82) is 0 Å². The lowest BCUT2D eigenvalue weighted by Gasteiger charge is -2.18. The summed E-state index contributed by atoms with van der Waals surface area (Å²) in [6, 6.07) is 11.9. The van der Waals surface area contributed by atoms with Gasteiger partial charge in [0.15, 0.2) is 0 Å². The number of thioether (sulfide) groups is 1. The highest BCUT2D eigenvalue weighted by Gasteiger charge is 2.32. The zero-order chi connectivity index (χ0) is 19.8. The summed E-state index contributed by atoms with van der Waals surface area (Å²) < 4.78 is 21.5. The van der Waals surface area contributed by atoms with Crippen LogP contribution in [0.1, 0.15) is 22.1 Å². The number of aromatic nitrogens is 2. The molecular weight excluding hydrogens is 445 g/mol. The molecule has 4 rings (SSSR count). The van der Waals surface area contributed by atoms with Crippen LogP contribution in [-0.4, -0.2) is 28.6 Å². The third kappa shape index (κ3) is 3.42. The molecule has 0 saturated heterocycles. The number of methoxy groups -OCH3 is 1. The first kappa shape index (κ1) is 19.0. The number of hydrogen-bond acceptors (Lipinski definition) is 4. The van der Waals surface area contributed by atoms with Crippen molar-refractivity contribution in [3.8, 4) is 11.4 Å². The maximum absolute atomic E-state index is 13.4. The number of carbonyl (C=O) groups is 1. The van der Waals surface area contributed by atoms with Gasteiger partial charge in [0, 0.05) is 15.6 Å². The molecule has 1 aliphatic rings. The summed E-state index contributed by atoms with van der Waals surface area (Å²) in [6.07, 6.45) is 0. The van der Waals surface area contributed by atoms with Gasteiger partial charge in [-0.3, -0.25) is 4.79 Å². The zero-order valence-electron chi connectivity index (χ0n) is 15.2. The molecule has 0 bridgehead atoms. The van der Waals surface area contributed by atoms with E-state index in [-0.39, 0.29) is 17.0 Å². The molecule has 5 nitrogen and oxygen atoms in total. The van der Waals surface area contributed by atoms with Crippen LogP contribution in [0, 0.1) is 12.7 Å². The van der Waals surface area contributed by atoms with Gasteiger partial charge < -0.3 is 10.1 Å². The van der Waals surface area contributed by atoms with E-state index in [9.17, 15) is 9.18 Å². The van der Waals surface area contributed by atoms with E-state index >= 15 is 0 Å². The molecule has 1 aromatic heterocycles. The smallest absolute Gasteiger partial charge is 0.235 e. The molecular formula is C20H17BrFN3O2S. The average Bonchev–Trinajstić information content (AvgIpc) is 2.88. The van der Waals surface area contributed by atoms with Crippen LogP contribution in [0.25, 0.3) is 5.69 Å². The number of fused-ring (bicyclic) bond motifs is 1. The number of ether oxygens (including phenoxy) is 1. The Hall–Kier alpha value is -2.32. The van der Waals surface area contributed by atoms with Crippen LogP contribution in [0.4, 0.5) is 10.2 Å². The maximum atomic E-state index is 13.4. The molecule has 0 aliphatic carbocycles. The highest BCUT2D eigenvalue weighted by atomic mass is 79.9. The van der Waals surface area contributed by atoms with Crippen molar-refractivity contribution >= 4 is 39.4 Å². The van der Waals surface area contributed by atoms with Gasteiger partial charge >= 0.3 is 0 Å². The lowest BCUT2D eigenvalue weighted by atomic mass is 10.0. The van der Waals surface area contributed by atoms with Gasteiger partial charge in [0.05, 0.1) is 29.5 Å². The van der Waals surface area contributed by atoms with Crippen molar-refractivity contribution < 1.29 is 13.9 Å². The minimum Gasteiger partial charge on any atom is -0.496 e. The highest BCUT2D eigenvalue weighted by Crippen LogP contribution is 2.47. The van der Waals surface area contributed by atoms with Crippen LogP contribution in [0.3, 0.4) is 0 Å². The van der Waals surface area contributed by atoms with Crippen molar-refractivity contribution in [2.45, 2.75) is 12.2 Å². The summed E-state index contributed by atoms with van der Waals surface area (Å²) in [6.45, 7) is 1.91. The summed E-state index contributed by atoms with van der Waals surface area (Å²) in [4.78, 5) is 12.4. The predicted molar refractivity (Wildman–Crippen MR) is 112 cm³/mol. The fraction of sp³-hybridized carbons (Fsp3) is 0.200. The van der Waals surface area contributed by atoms with Crippen LogP contribution in [0.2, 0.25) is 0 Å². The Balaban J connectivity index is 1.91. The monoisotopic (exact) mass is 461 g/mol. The van der Waals surface area contributed by atoms with Crippen molar-refractivity contribution in [1.82, 2.24) is 9.78 Å². The first-order chi connectivity index (χ1) is 13.5. The van der Waals surface area contributed by atoms with Crippen LogP contribution >= 0.6 is 27.7 Å². The molecule has 8 heteroatoms. The summed E-state index contributed by atoms with van der Waals surface area (Å²) in [5.41, 5.74) is 3.34. The SMILES string of the molecule is COc1ccc(Br)cc1[C@H]1SCC(=O)Nc2c1c(C)nn2-c1ccc(F)cc1. The molecule has 2 heterocycles. The Morgan fingerprint density at radius 3 is 2.75 bits per heavy atom. The quantitative estimate of drug-likeness (QED) is 0.604. The molecule has 3 aromatic rings. The molecule has 28 heavy (non-hydrogen) atoms. The molecule has 0 radical (unpaired) electrons. The van der Waals surface area contributed by atoms with Gasteiger partial charge in [0.1, 0.15) is 17.4 Å². The number of nitrogens with zero attached hydrogens (tertiary/aromatic N) is 2. The van der Waals surface area contributed by atoms with Crippen molar-refractivity contribution in [3.05, 3.63) is 69.6 Å². The molecule has 1 aliphatic heterocycles. The summed E-state index contributed by atoms with van der Waals surface area (Å²) in [5.74, 6) is 1.22. The van der Waals surface area contributed by atoms with Gasteiger partial charge in [-0.2, -0.15) is 5.10 Å². The maximum Gasteiger partial charge on any atom is 0.235 e. The second-order valence-electron chi connectivity index (χ2n) is 6.36. The molecule has 0 spiro atoms. The Kier molecular flexibility index (Phi) is 5.16. The molecule has 2 aromatic carbocycles. The Morgan fingerprint density at radius 1 is 1.29 bits per heavy atom. The molecule has 144 valence electrons. The van der Waals surface area contributed by atoms with E-state index in [1.54, 1.807) is 23.9 Å². The standard InChI is InChI=1S/C20H17BrFN3O2S/c1-11-18-19(15-9-12(21)3-8-16(15)27-2)28-10-17(26)23-20(18)25(24-11)14-6-4-13(22)5-7-14/h3-9,19H,10H2,1-2H3,(H,23,26)/t19-/m1/s1. The minimum absolute atomic E-state index is 0.106. The summed E-state index contributed by atoms with van der Waals surface area (Å²) >= 11 is 5.05. The number of benzene rings is 2. The number of halogens is 2. The van der Waals surface area contributed by atoms with E-state index in [1.807, 2.05) is 25.1 Å². The fourth-order valence-electron chi connectivity index (χ4n) is 3.31. The Labute approximate surface area is 174 Å². The topological polar surface area (TPSA) is 56.1 Å². The van der Waals surface area contributed by atoms with E-state index in [4.69, 9.17) is 4.74 Å². The Bertz CT molecular complexity index is 1050. The van der Waals surface area contributed by atoms with Crippen LogP contribution in [0.5, 0.6) is 5.75 Å². The molecule has 0 unspecified atom stereocenters. The second kappa shape index (κ2) is 7.60. The summed E-state index contributed by atoms with van der Waals surface area (Å²) in [5, 5.41) is 7.46. The van der Waals surface area contributed by atoms with Crippen molar-refractivity contribution in [3.63, 3.8) is 0 Å². The van der Waals surface area contributed by atoms with Gasteiger partial charge in [0.2, 0.25) is 5.91 Å². The molecule has 1 atom stereocenters. The average molecular weight is 462 g/mol. The van der Waals surface area contributed by atoms with Gasteiger partial charge in [0.25, 0.3) is 0 Å². The number of rotatable bonds is 3. The van der Waals surface area contributed by atoms with Gasteiger partial charge in [-0.1, -0.05) is 15.9 Å². The highest BCUT2D eigenvalue weighted by molar-refractivity contribution is 9.10. The first-order valence-electron chi connectivity index (χ1n) is 8.58. The number of nitrogens with one attached hydrogen (secondary N) is 1. The zero-order valence-corrected chi connectivity index (χ0v) is 17.6. The summed E-state index contributed by atoms with van der Waals surface area (Å²) in [7, 11) is 1.63. The predicted octanol–water partition coefficient (Wildman–Crippen LogP) is 4.87. The van der Waals surface area contributed by atoms with Gasteiger partial charge in [-0.15, -0.1) is 11.8 Å². The van der Waals surface area contributed by atoms with Crippen LogP contribution < -0.4 is 10.1 Å². The van der Waals surface area contributed by atoms with E-state index in [2.05, 4.69) is 26.3 Å². The normalized spacial score (nSPS) is 16.3. The lowest BCUT2D eigenvalue weighted by molar-refractivity contribution is -0.113. The number of amides is 1. The number of carbonyl (C=O) groups excluding carboxylic acids is 1. The number of aryl methyl sites for hydroxylation is 1.